The Morgan fingerprint density at radius 2 is 1.63 bits per heavy atom. The minimum atomic E-state index is -3.69. The zero-order valence-corrected chi connectivity index (χ0v) is 16.3. The van der Waals surface area contributed by atoms with Crippen LogP contribution < -0.4 is 5.32 Å². The number of hydrogen-bond acceptors (Lipinski definition) is 5. The molecule has 1 saturated heterocycles. The van der Waals surface area contributed by atoms with Crippen LogP contribution in [0.3, 0.4) is 0 Å². The first-order valence-corrected chi connectivity index (χ1v) is 11.5. The number of nitrogens with one attached hydrogen (secondary N) is 1. The van der Waals surface area contributed by atoms with Crippen molar-refractivity contribution in [3.63, 3.8) is 0 Å². The summed E-state index contributed by atoms with van der Waals surface area (Å²) < 4.78 is 27.4. The highest BCUT2D eigenvalue weighted by Crippen LogP contribution is 2.46. The zero-order chi connectivity index (χ0) is 19.0. The molecule has 0 radical (unpaired) electrons. The Kier molecular flexibility index (Phi) is 5.11. The van der Waals surface area contributed by atoms with E-state index in [0.29, 0.717) is 30.6 Å². The molecule has 3 fully saturated rings. The second kappa shape index (κ2) is 7.39. The minimum Gasteiger partial charge on any atom is -0.376 e. The van der Waals surface area contributed by atoms with E-state index in [9.17, 15) is 18.5 Å². The summed E-state index contributed by atoms with van der Waals surface area (Å²) in [4.78, 5) is 11.2. The predicted molar refractivity (Wildman–Crippen MR) is 103 cm³/mol. The lowest BCUT2D eigenvalue weighted by Gasteiger charge is -2.21. The molecule has 1 N–H and O–H groups in total. The Balaban J connectivity index is 1.61. The molecule has 4 rings (SSSR count). The van der Waals surface area contributed by atoms with Crippen LogP contribution in [0.2, 0.25) is 0 Å². The van der Waals surface area contributed by atoms with Gasteiger partial charge in [0.05, 0.1) is 9.82 Å². The summed E-state index contributed by atoms with van der Waals surface area (Å²) in [5, 5.41) is 15.0. The van der Waals surface area contributed by atoms with Gasteiger partial charge in [-0.05, 0) is 62.5 Å². The summed E-state index contributed by atoms with van der Waals surface area (Å²) in [6.45, 7) is 0.975. The van der Waals surface area contributed by atoms with Gasteiger partial charge in [-0.2, -0.15) is 4.31 Å². The lowest BCUT2D eigenvalue weighted by molar-refractivity contribution is -0.384. The largest absolute Gasteiger partial charge is 0.376 e. The molecule has 3 aliphatic rings. The van der Waals surface area contributed by atoms with E-state index in [1.807, 2.05) is 0 Å². The Morgan fingerprint density at radius 3 is 2.15 bits per heavy atom. The highest BCUT2D eigenvalue weighted by Gasteiger charge is 2.42. The smallest absolute Gasteiger partial charge is 0.293 e. The quantitative estimate of drug-likeness (QED) is 0.562. The Labute approximate surface area is 160 Å². The van der Waals surface area contributed by atoms with E-state index < -0.39 is 14.9 Å². The summed E-state index contributed by atoms with van der Waals surface area (Å²) in [6.07, 6.45) is 8.41. The first kappa shape index (κ1) is 18.7. The molecule has 2 saturated carbocycles. The van der Waals surface area contributed by atoms with Gasteiger partial charge in [0, 0.05) is 25.2 Å². The van der Waals surface area contributed by atoms with Crippen LogP contribution in [0.5, 0.6) is 0 Å². The van der Waals surface area contributed by atoms with Crippen LogP contribution in [0.4, 0.5) is 11.4 Å². The molecule has 2 aliphatic carbocycles. The van der Waals surface area contributed by atoms with Gasteiger partial charge in [0.1, 0.15) is 5.69 Å². The van der Waals surface area contributed by atoms with Crippen LogP contribution in [-0.4, -0.2) is 36.8 Å². The Hall–Kier alpha value is -1.67. The van der Waals surface area contributed by atoms with Gasteiger partial charge in [-0.15, -0.1) is 0 Å². The van der Waals surface area contributed by atoms with E-state index >= 15 is 0 Å². The molecule has 1 aromatic carbocycles. The monoisotopic (exact) mass is 393 g/mol. The van der Waals surface area contributed by atoms with Gasteiger partial charge in [-0.3, -0.25) is 10.1 Å². The van der Waals surface area contributed by atoms with E-state index in [2.05, 4.69) is 5.32 Å². The number of rotatable bonds is 7. The summed E-state index contributed by atoms with van der Waals surface area (Å²) in [5.74, 6) is 1.19. The molecule has 0 aromatic heterocycles. The van der Waals surface area contributed by atoms with Crippen molar-refractivity contribution in [2.45, 2.75) is 62.3 Å². The summed E-state index contributed by atoms with van der Waals surface area (Å²) in [7, 11) is -3.69. The van der Waals surface area contributed by atoms with E-state index in [-0.39, 0.29) is 16.6 Å². The number of benzene rings is 1. The van der Waals surface area contributed by atoms with Crippen LogP contribution >= 0.6 is 0 Å². The topological polar surface area (TPSA) is 92.5 Å². The van der Waals surface area contributed by atoms with Crippen molar-refractivity contribution >= 4 is 21.4 Å². The lowest BCUT2D eigenvalue weighted by Crippen LogP contribution is -2.32. The molecular formula is C19H27N3O4S. The molecule has 7 nitrogen and oxygen atoms in total. The molecule has 148 valence electrons. The number of nitro benzene ring substituents is 1. The van der Waals surface area contributed by atoms with E-state index in [1.54, 1.807) is 6.07 Å². The van der Waals surface area contributed by atoms with Gasteiger partial charge < -0.3 is 5.32 Å². The van der Waals surface area contributed by atoms with Crippen molar-refractivity contribution in [3.05, 3.63) is 28.3 Å². The molecule has 0 spiro atoms. The van der Waals surface area contributed by atoms with Crippen LogP contribution in [0.25, 0.3) is 0 Å². The summed E-state index contributed by atoms with van der Waals surface area (Å²) in [6, 6.07) is 4.61. The third kappa shape index (κ3) is 4.11. The normalized spacial score (nSPS) is 21.8. The standard InChI is InChI=1S/C19H27N3O4S/c23-22(24)18-13-16(27(25,26)21-11-3-1-2-4-12-21)9-10-17(18)20-19(14-5-6-14)15-7-8-15/h9-10,13-15,19-20H,1-8,11-12H2. The number of sulfonamides is 1. The fraction of sp³-hybridized carbons (Fsp3) is 0.684. The van der Waals surface area contributed by atoms with Crippen molar-refractivity contribution in [3.8, 4) is 0 Å². The third-order valence-corrected chi connectivity index (χ3v) is 7.85. The highest BCUT2D eigenvalue weighted by molar-refractivity contribution is 7.89. The van der Waals surface area contributed by atoms with Gasteiger partial charge in [-0.25, -0.2) is 8.42 Å². The number of hydrogen-bond donors (Lipinski definition) is 1. The molecule has 1 heterocycles. The molecule has 0 bridgehead atoms. The summed E-state index contributed by atoms with van der Waals surface area (Å²) in [5.41, 5.74) is 0.302. The number of nitrogens with zero attached hydrogens (tertiary/aromatic N) is 2. The molecule has 27 heavy (non-hydrogen) atoms. The molecule has 1 aliphatic heterocycles. The molecular weight excluding hydrogens is 366 g/mol. The van der Waals surface area contributed by atoms with Gasteiger partial charge >= 0.3 is 0 Å². The molecule has 8 heteroatoms. The second-order valence-corrected chi connectivity index (χ2v) is 10.0. The number of anilines is 1. The maximum absolute atomic E-state index is 13.0. The molecule has 0 atom stereocenters. The van der Waals surface area contributed by atoms with Gasteiger partial charge in [-0.1, -0.05) is 12.8 Å². The average molecular weight is 394 g/mol. The maximum atomic E-state index is 13.0. The first-order valence-electron chi connectivity index (χ1n) is 10.0. The Bertz CT molecular complexity index is 798. The van der Waals surface area contributed by atoms with Crippen LogP contribution in [0.15, 0.2) is 23.1 Å². The van der Waals surface area contributed by atoms with Crippen LogP contribution in [0, 0.1) is 22.0 Å². The average Bonchev–Trinajstić information content (AvgIpc) is 3.51. The lowest BCUT2D eigenvalue weighted by atomic mass is 10.1. The highest BCUT2D eigenvalue weighted by atomic mass is 32.2. The fourth-order valence-electron chi connectivity index (χ4n) is 4.09. The van der Waals surface area contributed by atoms with Gasteiger partial charge in [0.25, 0.3) is 5.69 Å². The minimum absolute atomic E-state index is 0.0241. The van der Waals surface area contributed by atoms with E-state index in [4.69, 9.17) is 0 Å². The van der Waals surface area contributed by atoms with Crippen molar-refractivity contribution in [2.24, 2.45) is 11.8 Å². The molecule has 1 aromatic rings. The first-order chi connectivity index (χ1) is 13.0. The third-order valence-electron chi connectivity index (χ3n) is 5.95. The fourth-order valence-corrected chi connectivity index (χ4v) is 5.62. The zero-order valence-electron chi connectivity index (χ0n) is 15.5. The van der Waals surface area contributed by atoms with E-state index in [0.717, 1.165) is 25.7 Å². The molecule has 0 unspecified atom stereocenters. The van der Waals surface area contributed by atoms with Crippen molar-refractivity contribution in [1.82, 2.24) is 4.31 Å². The van der Waals surface area contributed by atoms with Crippen LogP contribution in [-0.2, 0) is 10.0 Å². The SMILES string of the molecule is O=[N+]([O-])c1cc(S(=O)(=O)N2CCCCCC2)ccc1NC(C1CC1)C1CC1. The Morgan fingerprint density at radius 1 is 1.04 bits per heavy atom. The van der Waals surface area contributed by atoms with Crippen LogP contribution in [0.1, 0.15) is 51.4 Å². The van der Waals surface area contributed by atoms with Crippen molar-refractivity contribution in [2.75, 3.05) is 18.4 Å². The predicted octanol–water partition coefficient (Wildman–Crippen LogP) is 3.76. The van der Waals surface area contributed by atoms with E-state index in [1.165, 1.54) is 42.1 Å². The second-order valence-electron chi connectivity index (χ2n) is 8.10. The maximum Gasteiger partial charge on any atom is 0.293 e. The summed E-state index contributed by atoms with van der Waals surface area (Å²) >= 11 is 0. The number of nitro groups is 1. The van der Waals surface area contributed by atoms with Gasteiger partial charge in [0.15, 0.2) is 0 Å². The van der Waals surface area contributed by atoms with Gasteiger partial charge in [0.2, 0.25) is 10.0 Å². The van der Waals surface area contributed by atoms with Crippen molar-refractivity contribution < 1.29 is 13.3 Å². The molecule has 0 amide bonds. The van der Waals surface area contributed by atoms with Crippen molar-refractivity contribution in [1.29, 1.82) is 0 Å².